The minimum atomic E-state index is -4.24. The number of allylic oxidation sites excluding steroid dienone is 7. The van der Waals surface area contributed by atoms with E-state index in [9.17, 15) is 25.9 Å². The first kappa shape index (κ1) is 37.3. The number of aryl methyl sites for hydroxylation is 1. The Labute approximate surface area is 304 Å². The Morgan fingerprint density at radius 2 is 1.49 bits per heavy atom. The molecule has 0 amide bonds. The maximum absolute atomic E-state index is 11.1. The molecule has 0 fully saturated rings. The van der Waals surface area contributed by atoms with E-state index in [2.05, 4.69) is 21.6 Å². The van der Waals surface area contributed by atoms with Crippen molar-refractivity contribution in [2.45, 2.75) is 45.1 Å². The summed E-state index contributed by atoms with van der Waals surface area (Å²) in [4.78, 5) is 2.14. The molecular weight excluding hydrogens is 667 g/mol. The van der Waals surface area contributed by atoms with Crippen molar-refractivity contribution in [3.8, 4) is 0 Å². The summed E-state index contributed by atoms with van der Waals surface area (Å²) in [5.41, 5.74) is 7.05. The number of fused-ring (bicyclic) bond motifs is 2. The van der Waals surface area contributed by atoms with Gasteiger partial charge in [0.1, 0.15) is 6.54 Å². The maximum Gasteiger partial charge on any atom is 1.00 e. The van der Waals surface area contributed by atoms with Gasteiger partial charge in [-0.05, 0) is 79.2 Å². The predicted octanol–water partition coefficient (Wildman–Crippen LogP) is 3.43. The number of anilines is 1. The zero-order valence-corrected chi connectivity index (χ0v) is 30.7. The molecule has 2 heterocycles. The van der Waals surface area contributed by atoms with Crippen LogP contribution >= 0.6 is 11.6 Å². The number of aromatic nitrogens is 1. The molecule has 0 atom stereocenters. The third-order valence-electron chi connectivity index (χ3n) is 8.14. The second-order valence-corrected chi connectivity index (χ2v) is 14.8. The van der Waals surface area contributed by atoms with Crippen molar-refractivity contribution < 1.29 is 60.1 Å². The molecule has 0 N–H and O–H groups in total. The van der Waals surface area contributed by atoms with Crippen molar-refractivity contribution in [3.63, 3.8) is 0 Å². The molecule has 1 aliphatic heterocycles. The molecule has 1 aliphatic carbocycles. The fraction of sp³-hybridized carbons (Fsp3) is 0.286. The molecule has 0 bridgehead atoms. The smallest absolute Gasteiger partial charge is 0.748 e. The van der Waals surface area contributed by atoms with Crippen molar-refractivity contribution in [1.82, 2.24) is 0 Å². The van der Waals surface area contributed by atoms with E-state index in [4.69, 9.17) is 11.6 Å². The fourth-order valence-electron chi connectivity index (χ4n) is 5.82. The Kier molecular flexibility index (Phi) is 13.3. The largest absolute Gasteiger partial charge is 1.00 e. The van der Waals surface area contributed by atoms with Crippen molar-refractivity contribution >= 4 is 60.6 Å². The van der Waals surface area contributed by atoms with Crippen molar-refractivity contribution in [1.29, 1.82) is 0 Å². The number of benzene rings is 2. The minimum absolute atomic E-state index is 0. The number of rotatable bonds is 13. The minimum Gasteiger partial charge on any atom is -0.748 e. The van der Waals surface area contributed by atoms with Gasteiger partial charge >= 0.3 is 29.6 Å². The molecule has 2 aromatic carbocycles. The summed E-state index contributed by atoms with van der Waals surface area (Å²) in [5, 5.41) is 1.77. The van der Waals surface area contributed by atoms with Gasteiger partial charge in [-0.3, -0.25) is 0 Å². The third kappa shape index (κ3) is 10.5. The Balaban J connectivity index is 0.00000500. The van der Waals surface area contributed by atoms with Crippen LogP contribution in [-0.4, -0.2) is 44.0 Å². The van der Waals surface area contributed by atoms with Crippen LogP contribution in [0.2, 0.25) is 0 Å². The predicted molar refractivity (Wildman–Crippen MR) is 182 cm³/mol. The first-order valence-electron chi connectivity index (χ1n) is 15.3. The monoisotopic (exact) mass is 702 g/mol. The number of pyridine rings is 1. The standard InChI is InChI=1S/C35H37ClN2O6S2.Na/c36-35-29(17-21-31-19-15-27-9-1-3-11-33(27)37(31)23-5-7-25-45(39,40)41)13-14-30(35)18-22-32-20-16-28-10-2-4-12-34(28)38(32)24-6-8-26-46(42,43)44;/h1-4,9-12,15-22H,5-8,13-14,23-26H2,(H-,39,40,41,42,43,44);/q;+1/p-1. The molecule has 1 aromatic heterocycles. The topological polar surface area (TPSA) is 122 Å². The summed E-state index contributed by atoms with van der Waals surface area (Å²) in [6.45, 7) is 1.14. The van der Waals surface area contributed by atoms with Gasteiger partial charge in [0, 0.05) is 64.5 Å². The van der Waals surface area contributed by atoms with E-state index in [0.717, 1.165) is 57.5 Å². The van der Waals surface area contributed by atoms with Gasteiger partial charge in [0.25, 0.3) is 0 Å². The van der Waals surface area contributed by atoms with E-state index >= 15 is 0 Å². The summed E-state index contributed by atoms with van der Waals surface area (Å²) in [7, 11) is -8.49. The summed E-state index contributed by atoms with van der Waals surface area (Å²) in [6.07, 6.45) is 15.5. The summed E-state index contributed by atoms with van der Waals surface area (Å²) in [5.74, 6) is -0.744. The number of unbranched alkanes of at least 4 members (excludes halogenated alkanes) is 2. The van der Waals surface area contributed by atoms with Crippen LogP contribution in [0.3, 0.4) is 0 Å². The van der Waals surface area contributed by atoms with Crippen LogP contribution in [0.15, 0.2) is 107 Å². The van der Waals surface area contributed by atoms with Crippen molar-refractivity contribution in [3.05, 3.63) is 118 Å². The Morgan fingerprint density at radius 1 is 0.787 bits per heavy atom. The van der Waals surface area contributed by atoms with E-state index in [1.165, 1.54) is 0 Å². The zero-order valence-electron chi connectivity index (χ0n) is 26.3. The molecule has 12 heteroatoms. The van der Waals surface area contributed by atoms with Crippen LogP contribution in [0.25, 0.3) is 23.1 Å². The summed E-state index contributed by atoms with van der Waals surface area (Å²) in [6, 6.07) is 20.1. The molecule has 0 saturated carbocycles. The van der Waals surface area contributed by atoms with E-state index in [0.29, 0.717) is 43.8 Å². The van der Waals surface area contributed by atoms with Gasteiger partial charge < -0.3 is 14.0 Å². The van der Waals surface area contributed by atoms with E-state index in [-0.39, 0.29) is 41.1 Å². The van der Waals surface area contributed by atoms with Gasteiger partial charge in [-0.25, -0.2) is 16.8 Å². The van der Waals surface area contributed by atoms with Crippen molar-refractivity contribution in [2.75, 3.05) is 23.0 Å². The van der Waals surface area contributed by atoms with E-state index in [1.807, 2.05) is 85.0 Å². The van der Waals surface area contributed by atoms with Crippen LogP contribution < -0.4 is 39.0 Å². The van der Waals surface area contributed by atoms with Crippen LogP contribution in [0.4, 0.5) is 5.69 Å². The maximum atomic E-state index is 11.1. The first-order valence-corrected chi connectivity index (χ1v) is 18.8. The fourth-order valence-corrected chi connectivity index (χ4v) is 7.25. The second-order valence-electron chi connectivity index (χ2n) is 11.4. The van der Waals surface area contributed by atoms with Crippen LogP contribution in [0.1, 0.15) is 49.8 Å². The second kappa shape index (κ2) is 16.7. The van der Waals surface area contributed by atoms with Crippen LogP contribution in [0.5, 0.6) is 0 Å². The van der Waals surface area contributed by atoms with Gasteiger partial charge in [-0.1, -0.05) is 60.2 Å². The molecule has 3 aromatic rings. The van der Waals surface area contributed by atoms with Gasteiger partial charge in [0.15, 0.2) is 0 Å². The van der Waals surface area contributed by atoms with Crippen LogP contribution in [0, 0.1) is 0 Å². The van der Waals surface area contributed by atoms with Gasteiger partial charge in [-0.15, -0.1) is 0 Å². The summed E-state index contributed by atoms with van der Waals surface area (Å²) >= 11 is 6.89. The Bertz CT molecular complexity index is 1990. The number of hydrogen-bond donors (Lipinski definition) is 0. The molecule has 47 heavy (non-hydrogen) atoms. The SMILES string of the molecule is O=S(=O)([O-])CCCCN1C(=CC=C2CCC(C=Cc3ccc4ccccc4[n+]3CCCCS(=O)(=O)[O-])=C2Cl)C=Cc2ccccc21.[Na+]. The number of para-hydroxylation sites is 2. The molecule has 8 nitrogen and oxygen atoms in total. The van der Waals surface area contributed by atoms with Crippen molar-refractivity contribution in [2.24, 2.45) is 0 Å². The zero-order chi connectivity index (χ0) is 32.7. The normalized spacial score (nSPS) is 16.9. The van der Waals surface area contributed by atoms with Gasteiger partial charge in [0.2, 0.25) is 11.2 Å². The third-order valence-corrected chi connectivity index (χ3v) is 10.2. The molecule has 0 saturated heterocycles. The first-order chi connectivity index (χ1) is 22.0. The number of hydrogen-bond acceptors (Lipinski definition) is 7. The van der Waals surface area contributed by atoms with Crippen LogP contribution in [-0.2, 0) is 26.8 Å². The molecule has 242 valence electrons. The van der Waals surface area contributed by atoms with E-state index < -0.39 is 20.2 Å². The van der Waals surface area contributed by atoms with Gasteiger partial charge in [0.05, 0.1) is 20.2 Å². The molecular formula is C35H36ClN2NaO6S2. The molecule has 2 aliphatic rings. The van der Waals surface area contributed by atoms with E-state index in [1.54, 1.807) is 0 Å². The molecule has 0 unspecified atom stereocenters. The average molecular weight is 703 g/mol. The molecule has 0 radical (unpaired) electrons. The quantitative estimate of drug-likeness (QED) is 0.116. The van der Waals surface area contributed by atoms with Gasteiger partial charge in [-0.2, -0.15) is 4.57 Å². The Morgan fingerprint density at radius 3 is 2.26 bits per heavy atom. The number of nitrogens with zero attached hydrogens (tertiary/aromatic N) is 2. The summed E-state index contributed by atoms with van der Waals surface area (Å²) < 4.78 is 68.6. The molecule has 0 spiro atoms. The molecule has 5 rings (SSSR count). The number of halogens is 1. The Hall–Kier alpha value is -2.54. The average Bonchev–Trinajstić information content (AvgIpc) is 3.37.